The molecule has 0 saturated heterocycles. The first-order chi connectivity index (χ1) is 13.5. The predicted molar refractivity (Wildman–Crippen MR) is 113 cm³/mol. The first-order valence-corrected chi connectivity index (χ1v) is 10.00. The second kappa shape index (κ2) is 9.01. The molecular formula is C21H30N6O. The number of rotatable bonds is 9. The number of hydrogen-bond acceptors (Lipinski definition) is 6. The van der Waals surface area contributed by atoms with E-state index >= 15 is 0 Å². The van der Waals surface area contributed by atoms with Crippen LogP contribution >= 0.6 is 0 Å². The van der Waals surface area contributed by atoms with Crippen LogP contribution in [0, 0.1) is 0 Å². The molecule has 0 bridgehead atoms. The van der Waals surface area contributed by atoms with Crippen molar-refractivity contribution in [2.75, 3.05) is 10.6 Å². The summed E-state index contributed by atoms with van der Waals surface area (Å²) in [6, 6.07) is 10.3. The summed E-state index contributed by atoms with van der Waals surface area (Å²) in [7, 11) is 0. The predicted octanol–water partition coefficient (Wildman–Crippen LogP) is 3.98. The normalized spacial score (nSPS) is 13.6. The van der Waals surface area contributed by atoms with E-state index in [4.69, 9.17) is 4.98 Å². The fourth-order valence-electron chi connectivity index (χ4n) is 3.18. The minimum Gasteiger partial charge on any atom is -0.391 e. The lowest BCUT2D eigenvalue weighted by molar-refractivity contribution is 0.146. The van der Waals surface area contributed by atoms with Crippen molar-refractivity contribution in [3.8, 4) is 0 Å². The van der Waals surface area contributed by atoms with Gasteiger partial charge in [0, 0.05) is 12.6 Å². The van der Waals surface area contributed by atoms with Crippen LogP contribution in [-0.2, 0) is 6.54 Å². The van der Waals surface area contributed by atoms with Gasteiger partial charge in [-0.05, 0) is 32.3 Å². The van der Waals surface area contributed by atoms with E-state index in [1.807, 2.05) is 36.6 Å². The van der Waals surface area contributed by atoms with Gasteiger partial charge in [-0.25, -0.2) is 4.98 Å². The maximum absolute atomic E-state index is 10.3. The van der Waals surface area contributed by atoms with Crippen LogP contribution in [0.3, 0.4) is 0 Å². The Morgan fingerprint density at radius 2 is 1.82 bits per heavy atom. The molecule has 3 N–H and O–H groups in total. The number of benzene rings is 1. The van der Waals surface area contributed by atoms with Crippen LogP contribution in [0.5, 0.6) is 0 Å². The average Bonchev–Trinajstić information content (AvgIpc) is 3.14. The second-order valence-corrected chi connectivity index (χ2v) is 7.29. The zero-order chi connectivity index (χ0) is 20.1. The molecule has 3 rings (SSSR count). The van der Waals surface area contributed by atoms with Gasteiger partial charge in [-0.15, -0.1) is 0 Å². The molecule has 1 aromatic carbocycles. The van der Waals surface area contributed by atoms with Gasteiger partial charge < -0.3 is 20.3 Å². The average molecular weight is 383 g/mol. The minimum atomic E-state index is -0.444. The first kappa shape index (κ1) is 20.1. The summed E-state index contributed by atoms with van der Waals surface area (Å²) in [5.41, 5.74) is 2.70. The highest BCUT2D eigenvalue weighted by Crippen LogP contribution is 2.24. The molecule has 0 spiro atoms. The lowest BCUT2D eigenvalue weighted by atomic mass is 10.1. The van der Waals surface area contributed by atoms with Crippen LogP contribution in [0.2, 0.25) is 0 Å². The van der Waals surface area contributed by atoms with Gasteiger partial charge in [0.15, 0.2) is 17.0 Å². The van der Waals surface area contributed by atoms with Crippen molar-refractivity contribution in [2.45, 2.75) is 65.3 Å². The lowest BCUT2D eigenvalue weighted by Gasteiger charge is -2.22. The third kappa shape index (κ3) is 4.42. The van der Waals surface area contributed by atoms with Crippen LogP contribution < -0.4 is 10.6 Å². The number of aliphatic hydroxyl groups is 1. The molecule has 7 nitrogen and oxygen atoms in total. The molecule has 3 aromatic rings. The first-order valence-electron chi connectivity index (χ1n) is 10.00. The van der Waals surface area contributed by atoms with E-state index in [9.17, 15) is 5.11 Å². The molecule has 0 amide bonds. The Morgan fingerprint density at radius 1 is 1.07 bits per heavy atom. The molecule has 28 heavy (non-hydrogen) atoms. The Labute approximate surface area is 166 Å². The Bertz CT molecular complexity index is 893. The van der Waals surface area contributed by atoms with Crippen molar-refractivity contribution >= 4 is 22.9 Å². The van der Waals surface area contributed by atoms with Gasteiger partial charge in [0.25, 0.3) is 0 Å². The fraction of sp³-hybridized carbons (Fsp3) is 0.476. The van der Waals surface area contributed by atoms with Gasteiger partial charge in [-0.1, -0.05) is 44.2 Å². The third-order valence-corrected chi connectivity index (χ3v) is 4.92. The molecule has 1 unspecified atom stereocenters. The Balaban J connectivity index is 1.95. The van der Waals surface area contributed by atoms with Crippen LogP contribution in [0.4, 0.5) is 11.8 Å². The zero-order valence-corrected chi connectivity index (χ0v) is 17.1. The summed E-state index contributed by atoms with van der Waals surface area (Å²) in [5.74, 6) is 1.20. The monoisotopic (exact) mass is 382 g/mol. The summed E-state index contributed by atoms with van der Waals surface area (Å²) in [4.78, 5) is 13.9. The van der Waals surface area contributed by atoms with Crippen LogP contribution in [0.25, 0.3) is 11.2 Å². The van der Waals surface area contributed by atoms with E-state index in [-0.39, 0.29) is 12.1 Å². The van der Waals surface area contributed by atoms with E-state index in [1.54, 1.807) is 6.33 Å². The maximum atomic E-state index is 10.3. The molecule has 0 fully saturated rings. The van der Waals surface area contributed by atoms with Crippen molar-refractivity contribution < 1.29 is 5.11 Å². The number of nitrogens with zero attached hydrogens (tertiary/aromatic N) is 4. The van der Waals surface area contributed by atoms with Crippen LogP contribution in [0.15, 0.2) is 36.7 Å². The van der Waals surface area contributed by atoms with Gasteiger partial charge in [0.1, 0.15) is 0 Å². The standard InChI is InChI=1S/C21H30N6O/c1-5-16(17(28)6-2)24-21-25-19(22-12-15-10-8-7-9-11-15)18-20(26-21)27(13-23-18)14(3)4/h7-11,13-14,16-17,28H,5-6,12H2,1-4H3,(H2,22,24,25,26)/t16-,17?/m0/s1. The molecule has 0 aliphatic carbocycles. The summed E-state index contributed by atoms with van der Waals surface area (Å²) in [5, 5.41) is 17.0. The third-order valence-electron chi connectivity index (χ3n) is 4.92. The highest BCUT2D eigenvalue weighted by molar-refractivity contribution is 5.84. The number of aromatic nitrogens is 4. The second-order valence-electron chi connectivity index (χ2n) is 7.29. The number of aliphatic hydroxyl groups excluding tert-OH is 1. The maximum Gasteiger partial charge on any atom is 0.227 e. The van der Waals surface area contributed by atoms with Crippen molar-refractivity contribution in [1.29, 1.82) is 0 Å². The molecule has 0 aliphatic heterocycles. The molecule has 2 aromatic heterocycles. The molecule has 2 atom stereocenters. The van der Waals surface area contributed by atoms with Gasteiger partial charge in [-0.3, -0.25) is 0 Å². The van der Waals surface area contributed by atoms with E-state index in [0.29, 0.717) is 24.7 Å². The summed E-state index contributed by atoms with van der Waals surface area (Å²) in [6.45, 7) is 8.86. The van der Waals surface area contributed by atoms with Crippen LogP contribution in [0.1, 0.15) is 52.1 Å². The van der Waals surface area contributed by atoms with Crippen LogP contribution in [-0.4, -0.2) is 36.8 Å². The quantitative estimate of drug-likeness (QED) is 0.519. The summed E-state index contributed by atoms with van der Waals surface area (Å²) >= 11 is 0. The number of fused-ring (bicyclic) bond motifs is 1. The van der Waals surface area contributed by atoms with Crippen molar-refractivity contribution in [3.63, 3.8) is 0 Å². The molecular weight excluding hydrogens is 352 g/mol. The Kier molecular flexibility index (Phi) is 6.46. The number of anilines is 2. The van der Waals surface area contributed by atoms with E-state index in [0.717, 1.165) is 17.6 Å². The number of imidazole rings is 1. The van der Waals surface area contributed by atoms with E-state index in [1.165, 1.54) is 5.56 Å². The smallest absolute Gasteiger partial charge is 0.227 e. The Hall–Kier alpha value is -2.67. The molecule has 0 radical (unpaired) electrons. The zero-order valence-electron chi connectivity index (χ0n) is 17.1. The SMILES string of the molecule is CCC(O)[C@H](CC)Nc1nc(NCc2ccccc2)c2ncn(C(C)C)c2n1. The molecule has 7 heteroatoms. The van der Waals surface area contributed by atoms with E-state index in [2.05, 4.69) is 46.6 Å². The number of nitrogens with one attached hydrogen (secondary N) is 2. The van der Waals surface area contributed by atoms with Gasteiger partial charge in [0.2, 0.25) is 5.95 Å². The topological polar surface area (TPSA) is 87.9 Å². The number of hydrogen-bond donors (Lipinski definition) is 3. The summed E-state index contributed by atoms with van der Waals surface area (Å²) < 4.78 is 2.03. The van der Waals surface area contributed by atoms with Gasteiger partial charge >= 0.3 is 0 Å². The van der Waals surface area contributed by atoms with E-state index < -0.39 is 6.10 Å². The summed E-state index contributed by atoms with van der Waals surface area (Å²) in [6.07, 6.45) is 2.82. The molecule has 0 saturated carbocycles. The van der Waals surface area contributed by atoms with Gasteiger partial charge in [-0.2, -0.15) is 9.97 Å². The largest absolute Gasteiger partial charge is 0.391 e. The molecule has 0 aliphatic rings. The Morgan fingerprint density at radius 3 is 2.46 bits per heavy atom. The minimum absolute atomic E-state index is 0.0974. The lowest BCUT2D eigenvalue weighted by Crippen LogP contribution is -2.33. The van der Waals surface area contributed by atoms with Crippen molar-refractivity contribution in [2.24, 2.45) is 0 Å². The van der Waals surface area contributed by atoms with Crippen molar-refractivity contribution in [3.05, 3.63) is 42.2 Å². The molecule has 2 heterocycles. The van der Waals surface area contributed by atoms with Gasteiger partial charge in [0.05, 0.1) is 18.5 Å². The fourth-order valence-corrected chi connectivity index (χ4v) is 3.18. The highest BCUT2D eigenvalue weighted by atomic mass is 16.3. The van der Waals surface area contributed by atoms with Crippen molar-refractivity contribution in [1.82, 2.24) is 19.5 Å². The molecule has 150 valence electrons. The highest BCUT2D eigenvalue weighted by Gasteiger charge is 2.19.